The molecule has 13 heteroatoms. The molecule has 1 aromatic heterocycles. The monoisotopic (exact) mass is 413 g/mol. The van der Waals surface area contributed by atoms with Crippen molar-refractivity contribution in [3.8, 4) is 11.4 Å². The summed E-state index contributed by atoms with van der Waals surface area (Å²) >= 11 is 10.5. The fraction of sp³-hybridized carbons (Fsp3) is 0.231. The molecule has 0 atom stereocenters. The molecule has 0 aliphatic heterocycles. The number of ether oxygens (including phenoxy) is 1. The van der Waals surface area contributed by atoms with Crippen molar-refractivity contribution >= 4 is 29.5 Å². The number of rotatable bonds is 3. The SMILES string of the molecule is COc1c(-n2c(=O)cc(C(F)(F)F)n(C)c2=S)c(F)cc(Cl)c1[N+](=O)[O-]. The van der Waals surface area contributed by atoms with Gasteiger partial charge in [0.15, 0.2) is 10.6 Å². The van der Waals surface area contributed by atoms with E-state index in [1.54, 1.807) is 0 Å². The quantitative estimate of drug-likeness (QED) is 0.332. The van der Waals surface area contributed by atoms with Crippen LogP contribution >= 0.6 is 23.8 Å². The van der Waals surface area contributed by atoms with Crippen molar-refractivity contribution in [2.75, 3.05) is 7.11 Å². The van der Waals surface area contributed by atoms with Gasteiger partial charge in [-0.15, -0.1) is 0 Å². The molecule has 0 saturated carbocycles. The zero-order chi connectivity index (χ0) is 20.0. The normalized spacial score (nSPS) is 11.5. The summed E-state index contributed by atoms with van der Waals surface area (Å²) in [4.78, 5) is 22.4. The Kier molecular flexibility index (Phi) is 5.10. The predicted molar refractivity (Wildman–Crippen MR) is 85.0 cm³/mol. The Morgan fingerprint density at radius 1 is 1.35 bits per heavy atom. The molecule has 0 amide bonds. The smallest absolute Gasteiger partial charge is 0.431 e. The summed E-state index contributed by atoms with van der Waals surface area (Å²) < 4.78 is 58.2. The molecule has 0 radical (unpaired) electrons. The maximum Gasteiger partial charge on any atom is 0.431 e. The number of aromatic nitrogens is 2. The van der Waals surface area contributed by atoms with Gasteiger partial charge in [-0.2, -0.15) is 13.2 Å². The van der Waals surface area contributed by atoms with Crippen molar-refractivity contribution in [3.05, 3.63) is 53.9 Å². The third-order valence-corrected chi connectivity index (χ3v) is 4.10. The minimum Gasteiger partial charge on any atom is -0.489 e. The van der Waals surface area contributed by atoms with Crippen LogP contribution in [0.4, 0.5) is 23.2 Å². The van der Waals surface area contributed by atoms with E-state index in [4.69, 9.17) is 28.6 Å². The Morgan fingerprint density at radius 3 is 2.38 bits per heavy atom. The molecule has 0 N–H and O–H groups in total. The van der Waals surface area contributed by atoms with Gasteiger partial charge in [0.25, 0.3) is 5.56 Å². The lowest BCUT2D eigenvalue weighted by molar-refractivity contribution is -0.385. The Bertz CT molecular complexity index is 1030. The Hall–Kier alpha value is -2.47. The first-order chi connectivity index (χ1) is 11.9. The van der Waals surface area contributed by atoms with Gasteiger partial charge in [0.05, 0.1) is 12.0 Å². The first-order valence-corrected chi connectivity index (χ1v) is 7.31. The lowest BCUT2D eigenvalue weighted by Gasteiger charge is -2.17. The summed E-state index contributed by atoms with van der Waals surface area (Å²) in [6.07, 6.45) is -4.89. The number of hydrogen-bond acceptors (Lipinski definition) is 5. The van der Waals surface area contributed by atoms with Crippen molar-refractivity contribution in [1.82, 2.24) is 9.13 Å². The number of alkyl halides is 3. The van der Waals surface area contributed by atoms with Gasteiger partial charge >= 0.3 is 11.9 Å². The lowest BCUT2D eigenvalue weighted by Crippen LogP contribution is -2.28. The highest BCUT2D eigenvalue weighted by molar-refractivity contribution is 7.71. The molecule has 0 aliphatic carbocycles. The van der Waals surface area contributed by atoms with Gasteiger partial charge in [0.2, 0.25) is 5.75 Å². The zero-order valence-corrected chi connectivity index (χ0v) is 14.5. The fourth-order valence-corrected chi connectivity index (χ4v) is 2.78. The minimum atomic E-state index is -4.89. The van der Waals surface area contributed by atoms with Crippen molar-refractivity contribution in [3.63, 3.8) is 0 Å². The molecule has 2 rings (SSSR count). The molecular weight excluding hydrogens is 406 g/mol. The van der Waals surface area contributed by atoms with Gasteiger partial charge in [0, 0.05) is 19.2 Å². The maximum atomic E-state index is 14.4. The number of hydrogen-bond donors (Lipinski definition) is 0. The second-order valence-corrected chi connectivity index (χ2v) is 5.64. The van der Waals surface area contributed by atoms with Gasteiger partial charge in [-0.3, -0.25) is 14.9 Å². The molecule has 0 fully saturated rings. The average Bonchev–Trinajstić information content (AvgIpc) is 2.50. The van der Waals surface area contributed by atoms with E-state index in [1.807, 2.05) is 0 Å². The van der Waals surface area contributed by atoms with Crippen LogP contribution in [0.3, 0.4) is 0 Å². The molecule has 0 saturated heterocycles. The van der Waals surface area contributed by atoms with Crippen LogP contribution in [0.2, 0.25) is 5.02 Å². The summed E-state index contributed by atoms with van der Waals surface area (Å²) in [5.74, 6) is -2.00. The van der Waals surface area contributed by atoms with Gasteiger partial charge in [-0.25, -0.2) is 8.96 Å². The summed E-state index contributed by atoms with van der Waals surface area (Å²) in [5, 5.41) is 10.5. The lowest BCUT2D eigenvalue weighted by atomic mass is 10.2. The topological polar surface area (TPSA) is 79.3 Å². The highest BCUT2D eigenvalue weighted by Crippen LogP contribution is 2.41. The Morgan fingerprint density at radius 2 is 1.92 bits per heavy atom. The largest absolute Gasteiger partial charge is 0.489 e. The predicted octanol–water partition coefficient (Wildman–Crippen LogP) is 3.63. The zero-order valence-electron chi connectivity index (χ0n) is 12.9. The number of nitro benzene ring substituents is 1. The highest BCUT2D eigenvalue weighted by Gasteiger charge is 2.36. The second-order valence-electron chi connectivity index (χ2n) is 4.87. The van der Waals surface area contributed by atoms with E-state index in [2.05, 4.69) is 0 Å². The Labute approximate surface area is 152 Å². The van der Waals surface area contributed by atoms with Crippen LogP contribution < -0.4 is 10.3 Å². The van der Waals surface area contributed by atoms with Crippen LogP contribution in [0, 0.1) is 20.7 Å². The molecular formula is C13H8ClF4N3O4S. The van der Waals surface area contributed by atoms with Gasteiger partial charge in [-0.05, 0) is 12.2 Å². The number of nitro groups is 1. The molecule has 26 heavy (non-hydrogen) atoms. The van der Waals surface area contributed by atoms with Gasteiger partial charge in [0.1, 0.15) is 16.4 Å². The molecule has 7 nitrogen and oxygen atoms in total. The first kappa shape index (κ1) is 19.8. The molecule has 2 aromatic rings. The standard InChI is InChI=1S/C13H8ClF4N3O4S/c1-19-7(13(16,17)18)4-8(22)20(12(19)26)10-6(15)3-5(14)9(21(23)24)11(10)25-2/h3-4H,1-2H3. The van der Waals surface area contributed by atoms with Crippen LogP contribution in [0.25, 0.3) is 5.69 Å². The molecule has 140 valence electrons. The van der Waals surface area contributed by atoms with Crippen molar-refractivity contribution in [2.45, 2.75) is 6.18 Å². The molecule has 1 heterocycles. The van der Waals surface area contributed by atoms with Gasteiger partial charge in [-0.1, -0.05) is 11.6 Å². The third kappa shape index (κ3) is 3.17. The highest BCUT2D eigenvalue weighted by atomic mass is 35.5. The van der Waals surface area contributed by atoms with E-state index >= 15 is 0 Å². The van der Waals surface area contributed by atoms with Crippen molar-refractivity contribution in [2.24, 2.45) is 7.05 Å². The molecule has 0 spiro atoms. The van der Waals surface area contributed by atoms with E-state index in [1.165, 1.54) is 0 Å². The van der Waals surface area contributed by atoms with Crippen molar-refractivity contribution in [1.29, 1.82) is 0 Å². The average molecular weight is 414 g/mol. The number of halogens is 5. The van der Waals surface area contributed by atoms with E-state index in [-0.39, 0.29) is 6.07 Å². The van der Waals surface area contributed by atoms with Crippen LogP contribution in [-0.4, -0.2) is 21.2 Å². The number of benzene rings is 1. The summed E-state index contributed by atoms with van der Waals surface area (Å²) in [6, 6.07) is 0.728. The van der Waals surface area contributed by atoms with Crippen LogP contribution in [0.15, 0.2) is 16.9 Å². The van der Waals surface area contributed by atoms with Gasteiger partial charge < -0.3 is 9.30 Å². The molecule has 0 unspecified atom stereocenters. The van der Waals surface area contributed by atoms with E-state index < -0.39 is 55.1 Å². The third-order valence-electron chi connectivity index (χ3n) is 3.36. The van der Waals surface area contributed by atoms with E-state index in [0.29, 0.717) is 15.2 Å². The number of nitrogens with zero attached hydrogens (tertiary/aromatic N) is 3. The fourth-order valence-electron chi connectivity index (χ4n) is 2.25. The molecule has 0 aliphatic rings. The molecule has 1 aromatic carbocycles. The second kappa shape index (κ2) is 6.68. The summed E-state index contributed by atoms with van der Waals surface area (Å²) in [5.41, 5.74) is -4.40. The van der Waals surface area contributed by atoms with Crippen LogP contribution in [0.1, 0.15) is 5.69 Å². The minimum absolute atomic E-state index is 0.190. The Balaban J connectivity index is 3.02. The first-order valence-electron chi connectivity index (χ1n) is 6.52. The van der Waals surface area contributed by atoms with Crippen LogP contribution in [0.5, 0.6) is 5.75 Å². The molecule has 0 bridgehead atoms. The van der Waals surface area contributed by atoms with Crippen molar-refractivity contribution < 1.29 is 27.2 Å². The van der Waals surface area contributed by atoms with E-state index in [9.17, 15) is 32.5 Å². The summed E-state index contributed by atoms with van der Waals surface area (Å²) in [6.45, 7) is 0. The maximum absolute atomic E-state index is 14.4. The number of methoxy groups -OCH3 is 1. The summed E-state index contributed by atoms with van der Waals surface area (Å²) in [7, 11) is 1.86. The van der Waals surface area contributed by atoms with E-state index in [0.717, 1.165) is 14.2 Å². The van der Waals surface area contributed by atoms with Crippen LogP contribution in [-0.2, 0) is 13.2 Å².